The summed E-state index contributed by atoms with van der Waals surface area (Å²) >= 11 is 0. The molecule has 0 spiro atoms. The number of hydrogen-bond donors (Lipinski definition) is 1. The van der Waals surface area contributed by atoms with E-state index in [9.17, 15) is 26.7 Å². The Morgan fingerprint density at radius 2 is 1.77 bits per heavy atom. The van der Waals surface area contributed by atoms with Crippen molar-refractivity contribution in [3.05, 3.63) is 65.6 Å². The van der Waals surface area contributed by atoms with Crippen molar-refractivity contribution in [2.45, 2.75) is 12.1 Å². The predicted octanol–water partition coefficient (Wildman–Crippen LogP) is 4.66. The minimum absolute atomic E-state index is 0.00701. The molecule has 4 rings (SSSR count). The Morgan fingerprint density at radius 3 is 2.43 bits per heavy atom. The lowest BCUT2D eigenvalue weighted by molar-refractivity contribution is -0.137. The van der Waals surface area contributed by atoms with Crippen LogP contribution in [-0.2, 0) is 6.18 Å². The molecule has 0 bridgehead atoms. The molecule has 2 heterocycles. The number of hydrogen-bond acceptors (Lipinski definition) is 4. The number of rotatable bonds is 3. The summed E-state index contributed by atoms with van der Waals surface area (Å²) in [4.78, 5) is 17.5. The van der Waals surface area contributed by atoms with E-state index in [-0.39, 0.29) is 36.3 Å². The molecule has 3 aromatic rings. The van der Waals surface area contributed by atoms with Gasteiger partial charge in [-0.05, 0) is 24.3 Å². The van der Waals surface area contributed by atoms with Crippen LogP contribution in [0.4, 0.5) is 32.4 Å². The SMILES string of the molecule is O=C(Nc1c(F)cccc1F)N1CC(c2nc(-c3cccc(C(F)(F)F)c3)no2)C1. The Balaban J connectivity index is 1.40. The average Bonchev–Trinajstić information content (AvgIpc) is 3.13. The van der Waals surface area contributed by atoms with Crippen molar-refractivity contribution in [3.63, 3.8) is 0 Å². The molecule has 0 aliphatic carbocycles. The van der Waals surface area contributed by atoms with Crippen LogP contribution in [0, 0.1) is 11.6 Å². The van der Waals surface area contributed by atoms with E-state index in [0.29, 0.717) is 0 Å². The Bertz CT molecular complexity index is 1070. The van der Waals surface area contributed by atoms with Crippen LogP contribution in [0.5, 0.6) is 0 Å². The summed E-state index contributed by atoms with van der Waals surface area (Å²) in [5.74, 6) is -1.99. The zero-order valence-corrected chi connectivity index (χ0v) is 15.1. The molecule has 0 unspecified atom stereocenters. The molecular weight excluding hydrogens is 411 g/mol. The van der Waals surface area contributed by atoms with E-state index in [4.69, 9.17) is 4.52 Å². The van der Waals surface area contributed by atoms with Gasteiger partial charge >= 0.3 is 12.2 Å². The van der Waals surface area contributed by atoms with Gasteiger partial charge in [-0.25, -0.2) is 13.6 Å². The lowest BCUT2D eigenvalue weighted by Crippen LogP contribution is -2.50. The van der Waals surface area contributed by atoms with E-state index in [1.165, 1.54) is 23.1 Å². The summed E-state index contributed by atoms with van der Waals surface area (Å²) in [6, 6.07) is 7.03. The molecule has 156 valence electrons. The standard InChI is InChI=1S/C19H13F5N4O2/c20-13-5-2-6-14(21)15(13)25-18(29)28-8-11(9-28)17-26-16(27-30-17)10-3-1-4-12(7-10)19(22,23)24/h1-7,11H,8-9H2,(H,25,29). The Kier molecular flexibility index (Phi) is 4.88. The number of amides is 2. The highest BCUT2D eigenvalue weighted by atomic mass is 19.4. The van der Waals surface area contributed by atoms with Crippen molar-refractivity contribution in [2.24, 2.45) is 0 Å². The molecule has 6 nitrogen and oxygen atoms in total. The van der Waals surface area contributed by atoms with Crippen LogP contribution in [-0.4, -0.2) is 34.2 Å². The first kappa shape index (κ1) is 19.8. The quantitative estimate of drug-likeness (QED) is 0.621. The van der Waals surface area contributed by atoms with E-state index in [2.05, 4.69) is 15.5 Å². The molecule has 1 saturated heterocycles. The summed E-state index contributed by atoms with van der Waals surface area (Å²) in [6.07, 6.45) is -4.50. The molecule has 30 heavy (non-hydrogen) atoms. The van der Waals surface area contributed by atoms with Gasteiger partial charge in [0.2, 0.25) is 11.7 Å². The van der Waals surface area contributed by atoms with E-state index >= 15 is 0 Å². The van der Waals surface area contributed by atoms with Gasteiger partial charge in [0.25, 0.3) is 0 Å². The molecule has 1 aliphatic rings. The smallest absolute Gasteiger partial charge is 0.339 e. The summed E-state index contributed by atoms with van der Waals surface area (Å²) in [6.45, 7) is 0.290. The highest BCUT2D eigenvalue weighted by Gasteiger charge is 2.36. The minimum atomic E-state index is -4.50. The Hall–Kier alpha value is -3.50. The van der Waals surface area contributed by atoms with Crippen molar-refractivity contribution in [3.8, 4) is 11.4 Å². The maximum absolute atomic E-state index is 13.6. The fourth-order valence-electron chi connectivity index (χ4n) is 2.96. The summed E-state index contributed by atoms with van der Waals surface area (Å²) < 4.78 is 70.9. The molecule has 0 atom stereocenters. The number of anilines is 1. The fourth-order valence-corrected chi connectivity index (χ4v) is 2.96. The largest absolute Gasteiger partial charge is 0.416 e. The van der Waals surface area contributed by atoms with Crippen LogP contribution < -0.4 is 5.32 Å². The lowest BCUT2D eigenvalue weighted by atomic mass is 10.0. The van der Waals surface area contributed by atoms with Crippen molar-refractivity contribution >= 4 is 11.7 Å². The molecule has 1 N–H and O–H groups in total. The number of para-hydroxylation sites is 1. The molecular formula is C19H13F5N4O2. The molecule has 2 amide bonds. The summed E-state index contributed by atoms with van der Waals surface area (Å²) in [5, 5.41) is 5.87. The summed E-state index contributed by atoms with van der Waals surface area (Å²) in [7, 11) is 0. The topological polar surface area (TPSA) is 71.3 Å². The Labute approximate surface area is 166 Å². The molecule has 1 fully saturated rings. The number of urea groups is 1. The van der Waals surface area contributed by atoms with Crippen molar-refractivity contribution in [1.82, 2.24) is 15.0 Å². The first-order valence-corrected chi connectivity index (χ1v) is 8.73. The number of likely N-dealkylation sites (tertiary alicyclic amines) is 1. The number of benzene rings is 2. The van der Waals surface area contributed by atoms with Crippen molar-refractivity contribution in [1.29, 1.82) is 0 Å². The van der Waals surface area contributed by atoms with Gasteiger partial charge in [0, 0.05) is 18.7 Å². The number of carbonyl (C=O) groups is 1. The third-order valence-corrected chi connectivity index (χ3v) is 4.60. The van der Waals surface area contributed by atoms with E-state index < -0.39 is 35.1 Å². The van der Waals surface area contributed by atoms with Gasteiger partial charge in [0.05, 0.1) is 11.5 Å². The second-order valence-electron chi connectivity index (χ2n) is 6.66. The van der Waals surface area contributed by atoms with Crippen LogP contribution in [0.1, 0.15) is 17.4 Å². The highest BCUT2D eigenvalue weighted by molar-refractivity contribution is 5.90. The van der Waals surface area contributed by atoms with Crippen molar-refractivity contribution < 1.29 is 31.3 Å². The van der Waals surface area contributed by atoms with Gasteiger partial charge < -0.3 is 14.7 Å². The summed E-state index contributed by atoms with van der Waals surface area (Å²) in [5.41, 5.74) is -1.24. The van der Waals surface area contributed by atoms with Crippen LogP contribution in [0.25, 0.3) is 11.4 Å². The second kappa shape index (κ2) is 7.39. The van der Waals surface area contributed by atoms with Crippen LogP contribution >= 0.6 is 0 Å². The normalized spacial score (nSPS) is 14.5. The molecule has 2 aromatic carbocycles. The van der Waals surface area contributed by atoms with Crippen LogP contribution in [0.3, 0.4) is 0 Å². The van der Waals surface area contributed by atoms with Crippen molar-refractivity contribution in [2.75, 3.05) is 18.4 Å². The zero-order chi connectivity index (χ0) is 21.5. The third kappa shape index (κ3) is 3.82. The van der Waals surface area contributed by atoms with Crippen LogP contribution in [0.15, 0.2) is 47.0 Å². The fraction of sp³-hybridized carbons (Fsp3) is 0.211. The minimum Gasteiger partial charge on any atom is -0.339 e. The first-order chi connectivity index (χ1) is 14.2. The lowest BCUT2D eigenvalue weighted by Gasteiger charge is -2.36. The highest BCUT2D eigenvalue weighted by Crippen LogP contribution is 2.33. The van der Waals surface area contributed by atoms with E-state index in [0.717, 1.165) is 24.3 Å². The number of nitrogens with zero attached hydrogens (tertiary/aromatic N) is 3. The maximum Gasteiger partial charge on any atom is 0.416 e. The predicted molar refractivity (Wildman–Crippen MR) is 94.4 cm³/mol. The number of carbonyl (C=O) groups excluding carboxylic acids is 1. The van der Waals surface area contributed by atoms with Gasteiger partial charge in [0.15, 0.2) is 0 Å². The van der Waals surface area contributed by atoms with Gasteiger partial charge in [0.1, 0.15) is 17.3 Å². The molecule has 0 saturated carbocycles. The number of halogens is 5. The molecule has 1 aliphatic heterocycles. The third-order valence-electron chi connectivity index (χ3n) is 4.60. The number of aromatic nitrogens is 2. The average molecular weight is 424 g/mol. The van der Waals surface area contributed by atoms with Gasteiger partial charge in [-0.1, -0.05) is 23.4 Å². The maximum atomic E-state index is 13.6. The number of alkyl halides is 3. The van der Waals surface area contributed by atoms with E-state index in [1.807, 2.05) is 0 Å². The number of nitrogens with one attached hydrogen (secondary N) is 1. The second-order valence-corrected chi connectivity index (χ2v) is 6.66. The van der Waals surface area contributed by atoms with E-state index in [1.54, 1.807) is 0 Å². The van der Waals surface area contributed by atoms with Gasteiger partial charge in [-0.3, -0.25) is 0 Å². The molecule has 1 aromatic heterocycles. The Morgan fingerprint density at radius 1 is 1.10 bits per heavy atom. The van der Waals surface area contributed by atoms with Gasteiger partial charge in [-0.15, -0.1) is 0 Å². The molecule has 0 radical (unpaired) electrons. The van der Waals surface area contributed by atoms with Crippen LogP contribution in [0.2, 0.25) is 0 Å². The zero-order valence-electron chi connectivity index (χ0n) is 15.1. The monoisotopic (exact) mass is 424 g/mol. The first-order valence-electron chi connectivity index (χ1n) is 8.73. The molecule has 11 heteroatoms. The van der Waals surface area contributed by atoms with Gasteiger partial charge in [-0.2, -0.15) is 18.2 Å².